The molecule has 1 heterocycles. The number of aliphatic hydroxyl groups excluding tert-OH is 1. The van der Waals surface area contributed by atoms with Crippen molar-refractivity contribution in [3.8, 4) is 0 Å². The molecule has 0 aromatic rings. The average molecular weight is 198 g/mol. The molecule has 2 fully saturated rings. The maximum absolute atomic E-state index is 11.6. The number of carbonyl (C=O) groups is 1. The minimum Gasteiger partial charge on any atom is -0.392 e. The second kappa shape index (κ2) is 3.21. The number of carbonyl (C=O) groups excluding carboxylic acids is 1. The van der Waals surface area contributed by atoms with Crippen molar-refractivity contribution >= 4 is 5.91 Å². The van der Waals surface area contributed by atoms with Crippen LogP contribution < -0.4 is 10.6 Å². The van der Waals surface area contributed by atoms with E-state index in [0.717, 1.165) is 6.42 Å². The first-order valence-corrected chi connectivity index (χ1v) is 5.21. The van der Waals surface area contributed by atoms with Crippen LogP contribution in [0.4, 0.5) is 0 Å². The van der Waals surface area contributed by atoms with Gasteiger partial charge in [0.25, 0.3) is 0 Å². The Kier molecular flexibility index (Phi) is 2.27. The van der Waals surface area contributed by atoms with Crippen LogP contribution in [-0.2, 0) is 4.79 Å². The van der Waals surface area contributed by atoms with Crippen LogP contribution in [0, 0.1) is 5.41 Å². The number of nitrogens with one attached hydrogen (secondary N) is 2. The molecule has 3 N–H and O–H groups in total. The van der Waals surface area contributed by atoms with Crippen LogP contribution in [0.1, 0.15) is 26.7 Å². The quantitative estimate of drug-likeness (QED) is 0.567. The summed E-state index contributed by atoms with van der Waals surface area (Å²) in [6, 6.07) is 0.135. The molecule has 4 nitrogen and oxygen atoms in total. The second-order valence-corrected chi connectivity index (χ2v) is 5.10. The van der Waals surface area contributed by atoms with Gasteiger partial charge in [0.05, 0.1) is 12.1 Å². The van der Waals surface area contributed by atoms with Gasteiger partial charge >= 0.3 is 0 Å². The zero-order valence-electron chi connectivity index (χ0n) is 8.71. The fourth-order valence-electron chi connectivity index (χ4n) is 1.90. The summed E-state index contributed by atoms with van der Waals surface area (Å²) in [6.07, 6.45) is 1.24. The lowest BCUT2D eigenvalue weighted by Gasteiger charge is -2.11. The van der Waals surface area contributed by atoms with E-state index in [9.17, 15) is 9.90 Å². The molecule has 1 saturated heterocycles. The van der Waals surface area contributed by atoms with Crippen LogP contribution >= 0.6 is 0 Å². The van der Waals surface area contributed by atoms with Crippen molar-refractivity contribution in [3.05, 3.63) is 0 Å². The van der Waals surface area contributed by atoms with Gasteiger partial charge in [0.2, 0.25) is 5.91 Å². The van der Waals surface area contributed by atoms with Crippen molar-refractivity contribution in [1.29, 1.82) is 0 Å². The van der Waals surface area contributed by atoms with Crippen molar-refractivity contribution in [1.82, 2.24) is 10.6 Å². The van der Waals surface area contributed by atoms with E-state index >= 15 is 0 Å². The van der Waals surface area contributed by atoms with Crippen LogP contribution in [0.15, 0.2) is 0 Å². The van der Waals surface area contributed by atoms with E-state index < -0.39 is 0 Å². The number of aliphatic hydroxyl groups is 1. The van der Waals surface area contributed by atoms with Gasteiger partial charge in [-0.2, -0.15) is 0 Å². The van der Waals surface area contributed by atoms with Gasteiger partial charge in [0, 0.05) is 12.6 Å². The summed E-state index contributed by atoms with van der Waals surface area (Å²) in [7, 11) is 0. The topological polar surface area (TPSA) is 61.4 Å². The first-order chi connectivity index (χ1) is 6.49. The van der Waals surface area contributed by atoms with Gasteiger partial charge < -0.3 is 15.7 Å². The summed E-state index contributed by atoms with van der Waals surface area (Å²) < 4.78 is 0. The number of hydrogen-bond donors (Lipinski definition) is 3. The monoisotopic (exact) mass is 198 g/mol. The Morgan fingerprint density at radius 1 is 1.57 bits per heavy atom. The molecule has 3 atom stereocenters. The standard InChI is InChI=1S/C10H18N2O2/c1-10(2)4-8(10)12-9(14)7-3-6(13)5-11-7/h6-8,11,13H,3-5H2,1-2H3,(H,12,14). The highest BCUT2D eigenvalue weighted by Crippen LogP contribution is 2.44. The van der Waals surface area contributed by atoms with E-state index in [4.69, 9.17) is 0 Å². The number of rotatable bonds is 2. The average Bonchev–Trinajstić information content (AvgIpc) is 2.52. The number of β-amino-alcohol motifs (C(OH)–C–C–N with tert-alkyl or cyclic N) is 1. The van der Waals surface area contributed by atoms with Crippen molar-refractivity contribution in [3.63, 3.8) is 0 Å². The Morgan fingerprint density at radius 2 is 2.21 bits per heavy atom. The maximum atomic E-state index is 11.6. The molecule has 1 aliphatic carbocycles. The SMILES string of the molecule is CC1(C)CC1NC(=O)C1CC(O)CN1. The highest BCUT2D eigenvalue weighted by Gasteiger charge is 2.47. The Morgan fingerprint density at radius 3 is 2.64 bits per heavy atom. The summed E-state index contributed by atoms with van der Waals surface area (Å²) in [5.74, 6) is 0.0390. The first kappa shape index (κ1) is 9.93. The third-order valence-electron chi connectivity index (χ3n) is 3.25. The van der Waals surface area contributed by atoms with Gasteiger partial charge in [-0.25, -0.2) is 0 Å². The van der Waals surface area contributed by atoms with Crippen molar-refractivity contribution in [2.75, 3.05) is 6.54 Å². The molecule has 4 heteroatoms. The molecule has 0 spiro atoms. The lowest BCUT2D eigenvalue weighted by atomic mass is 10.1. The third kappa shape index (κ3) is 1.91. The van der Waals surface area contributed by atoms with Crippen LogP contribution in [-0.4, -0.2) is 35.7 Å². The largest absolute Gasteiger partial charge is 0.392 e. The molecule has 0 radical (unpaired) electrons. The Bertz CT molecular complexity index is 253. The summed E-state index contributed by atoms with van der Waals surface area (Å²) >= 11 is 0. The zero-order chi connectivity index (χ0) is 10.3. The highest BCUT2D eigenvalue weighted by molar-refractivity contribution is 5.82. The van der Waals surface area contributed by atoms with E-state index in [0.29, 0.717) is 19.0 Å². The normalized spacial score (nSPS) is 39.5. The van der Waals surface area contributed by atoms with Crippen LogP contribution in [0.25, 0.3) is 0 Å². The molecule has 0 aromatic carbocycles. The van der Waals surface area contributed by atoms with Gasteiger partial charge in [-0.15, -0.1) is 0 Å². The molecule has 1 aliphatic heterocycles. The van der Waals surface area contributed by atoms with Crippen LogP contribution in [0.5, 0.6) is 0 Å². The lowest BCUT2D eigenvalue weighted by molar-refractivity contribution is -0.123. The lowest BCUT2D eigenvalue weighted by Crippen LogP contribution is -2.42. The molecule has 1 amide bonds. The van der Waals surface area contributed by atoms with E-state index in [2.05, 4.69) is 24.5 Å². The third-order valence-corrected chi connectivity index (χ3v) is 3.25. The predicted octanol–water partition coefficient (Wildman–Crippen LogP) is -0.376. The smallest absolute Gasteiger partial charge is 0.237 e. The van der Waals surface area contributed by atoms with Gasteiger partial charge in [-0.1, -0.05) is 13.8 Å². The first-order valence-electron chi connectivity index (χ1n) is 5.21. The summed E-state index contributed by atoms with van der Waals surface area (Å²) in [6.45, 7) is 4.83. The Hall–Kier alpha value is -0.610. The highest BCUT2D eigenvalue weighted by atomic mass is 16.3. The minimum absolute atomic E-state index is 0.0390. The van der Waals surface area contributed by atoms with Gasteiger partial charge in [0.15, 0.2) is 0 Å². The molecule has 2 aliphatic rings. The molecule has 0 aromatic heterocycles. The Labute approximate surface area is 84.1 Å². The number of hydrogen-bond acceptors (Lipinski definition) is 3. The molecule has 1 saturated carbocycles. The molecule has 14 heavy (non-hydrogen) atoms. The van der Waals surface area contributed by atoms with E-state index in [1.54, 1.807) is 0 Å². The predicted molar refractivity (Wildman–Crippen MR) is 52.7 cm³/mol. The minimum atomic E-state index is -0.363. The molecule has 3 unspecified atom stereocenters. The van der Waals surface area contributed by atoms with Crippen molar-refractivity contribution in [2.24, 2.45) is 5.41 Å². The fourth-order valence-corrected chi connectivity index (χ4v) is 1.90. The van der Waals surface area contributed by atoms with Gasteiger partial charge in [-0.3, -0.25) is 4.79 Å². The second-order valence-electron chi connectivity index (χ2n) is 5.10. The molecular formula is C10H18N2O2. The van der Waals surface area contributed by atoms with E-state index in [1.165, 1.54) is 0 Å². The van der Waals surface area contributed by atoms with E-state index in [1.807, 2.05) is 0 Å². The summed E-state index contributed by atoms with van der Waals surface area (Å²) in [5.41, 5.74) is 0.271. The fraction of sp³-hybridized carbons (Fsp3) is 0.900. The Balaban J connectivity index is 1.79. The molecule has 2 rings (SSSR count). The molecule has 0 bridgehead atoms. The maximum Gasteiger partial charge on any atom is 0.237 e. The van der Waals surface area contributed by atoms with E-state index in [-0.39, 0.29) is 23.5 Å². The summed E-state index contributed by atoms with van der Waals surface area (Å²) in [4.78, 5) is 11.6. The van der Waals surface area contributed by atoms with Gasteiger partial charge in [-0.05, 0) is 18.3 Å². The molecule has 80 valence electrons. The number of amides is 1. The van der Waals surface area contributed by atoms with Crippen molar-refractivity contribution in [2.45, 2.75) is 44.9 Å². The van der Waals surface area contributed by atoms with Gasteiger partial charge in [0.1, 0.15) is 0 Å². The summed E-state index contributed by atoms with van der Waals surface area (Å²) in [5, 5.41) is 15.3. The zero-order valence-corrected chi connectivity index (χ0v) is 8.71. The van der Waals surface area contributed by atoms with Crippen molar-refractivity contribution < 1.29 is 9.90 Å². The van der Waals surface area contributed by atoms with Crippen LogP contribution in [0.3, 0.4) is 0 Å². The van der Waals surface area contributed by atoms with Crippen LogP contribution in [0.2, 0.25) is 0 Å². The molecular weight excluding hydrogens is 180 g/mol.